The first-order valence-electron chi connectivity index (χ1n) is 9.34. The first-order valence-corrected chi connectivity index (χ1v) is 9.34. The van der Waals surface area contributed by atoms with Crippen molar-refractivity contribution in [2.24, 2.45) is 10.9 Å². The molecule has 1 saturated carbocycles. The molecular weight excluding hydrogens is 296 g/mol. The number of aliphatic imine (C=N–C) groups is 1. The highest BCUT2D eigenvalue weighted by Crippen LogP contribution is 2.28. The normalized spacial score (nSPS) is 15.9. The molecule has 4 heteroatoms. The molecule has 0 aromatic heterocycles. The number of nitrogens with zero attached hydrogens (tertiary/aromatic N) is 2. The van der Waals surface area contributed by atoms with E-state index >= 15 is 0 Å². The third kappa shape index (κ3) is 6.91. The Labute approximate surface area is 147 Å². The van der Waals surface area contributed by atoms with Gasteiger partial charge in [0.1, 0.15) is 0 Å². The maximum Gasteiger partial charge on any atom is 0.191 e. The van der Waals surface area contributed by atoms with Gasteiger partial charge in [-0.3, -0.25) is 4.99 Å². The zero-order valence-corrected chi connectivity index (χ0v) is 15.6. The Morgan fingerprint density at radius 1 is 1.08 bits per heavy atom. The number of nitrogens with one attached hydrogen (secondary N) is 2. The summed E-state index contributed by atoms with van der Waals surface area (Å²) in [7, 11) is 6.03. The van der Waals surface area contributed by atoms with Crippen LogP contribution < -0.4 is 10.6 Å². The molecule has 1 aromatic carbocycles. The number of rotatable bonds is 8. The molecule has 0 atom stereocenters. The highest BCUT2D eigenvalue weighted by atomic mass is 15.2. The lowest BCUT2D eigenvalue weighted by molar-refractivity contribution is 0.402. The van der Waals surface area contributed by atoms with Gasteiger partial charge >= 0.3 is 0 Å². The van der Waals surface area contributed by atoms with Crippen LogP contribution in [0.15, 0.2) is 29.3 Å². The Balaban J connectivity index is 1.65. The fourth-order valence-corrected chi connectivity index (χ4v) is 3.43. The van der Waals surface area contributed by atoms with Gasteiger partial charge in [-0.15, -0.1) is 0 Å². The van der Waals surface area contributed by atoms with Crippen molar-refractivity contribution in [3.05, 3.63) is 35.4 Å². The zero-order chi connectivity index (χ0) is 17.2. The molecule has 4 nitrogen and oxygen atoms in total. The average molecular weight is 331 g/mol. The molecule has 1 aliphatic carbocycles. The van der Waals surface area contributed by atoms with Gasteiger partial charge in [-0.25, -0.2) is 0 Å². The van der Waals surface area contributed by atoms with Crippen molar-refractivity contribution >= 4 is 5.96 Å². The summed E-state index contributed by atoms with van der Waals surface area (Å²) in [4.78, 5) is 6.50. The van der Waals surface area contributed by atoms with Gasteiger partial charge in [-0.05, 0) is 44.0 Å². The van der Waals surface area contributed by atoms with E-state index in [2.05, 4.69) is 58.9 Å². The molecule has 0 bridgehead atoms. The molecule has 1 aromatic rings. The summed E-state index contributed by atoms with van der Waals surface area (Å²) < 4.78 is 0. The van der Waals surface area contributed by atoms with Crippen LogP contribution in [0.2, 0.25) is 0 Å². The lowest BCUT2D eigenvalue weighted by atomic mass is 10.0. The Morgan fingerprint density at radius 2 is 1.75 bits per heavy atom. The molecule has 0 amide bonds. The third-order valence-electron chi connectivity index (χ3n) is 4.76. The van der Waals surface area contributed by atoms with Gasteiger partial charge in [0.05, 0.1) is 0 Å². The van der Waals surface area contributed by atoms with Crippen molar-refractivity contribution in [1.29, 1.82) is 0 Å². The van der Waals surface area contributed by atoms with Crippen LogP contribution in [-0.4, -0.2) is 38.5 Å². The van der Waals surface area contributed by atoms with E-state index in [-0.39, 0.29) is 0 Å². The predicted octanol–water partition coefficient (Wildman–Crippen LogP) is 3.38. The molecule has 1 aliphatic rings. The second-order valence-electron chi connectivity index (χ2n) is 7.20. The van der Waals surface area contributed by atoms with E-state index < -0.39 is 0 Å². The largest absolute Gasteiger partial charge is 0.356 e. The fraction of sp³-hybridized carbons (Fsp3) is 0.650. The Morgan fingerprint density at radius 3 is 2.38 bits per heavy atom. The van der Waals surface area contributed by atoms with Crippen LogP contribution in [0.4, 0.5) is 0 Å². The first kappa shape index (κ1) is 18.8. The standard InChI is InChI=1S/C20H34N4/c1-21-20(22-14-6-9-17-7-4-5-8-17)23-15-18-10-12-19(13-11-18)16-24(2)3/h10-13,17H,4-9,14-16H2,1-3H3,(H2,21,22,23). The summed E-state index contributed by atoms with van der Waals surface area (Å²) in [6.45, 7) is 2.81. The van der Waals surface area contributed by atoms with Crippen LogP contribution in [-0.2, 0) is 13.1 Å². The number of hydrogen-bond donors (Lipinski definition) is 2. The van der Waals surface area contributed by atoms with Crippen molar-refractivity contribution in [1.82, 2.24) is 15.5 Å². The van der Waals surface area contributed by atoms with Crippen molar-refractivity contribution in [2.75, 3.05) is 27.7 Å². The smallest absolute Gasteiger partial charge is 0.191 e. The van der Waals surface area contributed by atoms with Gasteiger partial charge in [0, 0.05) is 26.7 Å². The summed E-state index contributed by atoms with van der Waals surface area (Å²) in [5.41, 5.74) is 2.63. The van der Waals surface area contributed by atoms with Gasteiger partial charge in [-0.2, -0.15) is 0 Å². The predicted molar refractivity (Wildman–Crippen MR) is 103 cm³/mol. The van der Waals surface area contributed by atoms with E-state index in [0.717, 1.165) is 31.5 Å². The maximum absolute atomic E-state index is 4.32. The maximum atomic E-state index is 4.32. The Hall–Kier alpha value is -1.55. The van der Waals surface area contributed by atoms with E-state index in [1.165, 1.54) is 49.7 Å². The lowest BCUT2D eigenvalue weighted by Gasteiger charge is -2.14. The summed E-state index contributed by atoms with van der Waals surface area (Å²) in [5.74, 6) is 1.88. The molecular formula is C20H34N4. The van der Waals surface area contributed by atoms with Crippen LogP contribution in [0.25, 0.3) is 0 Å². The monoisotopic (exact) mass is 330 g/mol. The van der Waals surface area contributed by atoms with Gasteiger partial charge in [-0.1, -0.05) is 49.9 Å². The number of hydrogen-bond acceptors (Lipinski definition) is 2. The van der Waals surface area contributed by atoms with Crippen LogP contribution >= 0.6 is 0 Å². The van der Waals surface area contributed by atoms with Crippen molar-refractivity contribution in [3.8, 4) is 0 Å². The Kier molecular flexibility index (Phi) is 8.10. The van der Waals surface area contributed by atoms with Gasteiger partial charge in [0.15, 0.2) is 5.96 Å². The zero-order valence-electron chi connectivity index (χ0n) is 15.6. The lowest BCUT2D eigenvalue weighted by Crippen LogP contribution is -2.37. The van der Waals surface area contributed by atoms with E-state index in [0.29, 0.717) is 0 Å². The molecule has 0 saturated heterocycles. The average Bonchev–Trinajstić information content (AvgIpc) is 3.08. The topological polar surface area (TPSA) is 39.7 Å². The molecule has 1 fully saturated rings. The summed E-state index contributed by atoms with van der Waals surface area (Å²) >= 11 is 0. The van der Waals surface area contributed by atoms with Gasteiger partial charge in [0.25, 0.3) is 0 Å². The minimum Gasteiger partial charge on any atom is -0.356 e. The van der Waals surface area contributed by atoms with Crippen molar-refractivity contribution in [2.45, 2.75) is 51.6 Å². The van der Waals surface area contributed by atoms with E-state index in [9.17, 15) is 0 Å². The van der Waals surface area contributed by atoms with Gasteiger partial charge < -0.3 is 15.5 Å². The number of benzene rings is 1. The first-order chi connectivity index (χ1) is 11.7. The quantitative estimate of drug-likeness (QED) is 0.436. The summed E-state index contributed by atoms with van der Waals surface area (Å²) in [6.07, 6.45) is 8.36. The van der Waals surface area contributed by atoms with E-state index in [4.69, 9.17) is 0 Å². The molecule has 2 rings (SSSR count). The third-order valence-corrected chi connectivity index (χ3v) is 4.76. The molecule has 0 radical (unpaired) electrons. The highest BCUT2D eigenvalue weighted by molar-refractivity contribution is 5.79. The van der Waals surface area contributed by atoms with Gasteiger partial charge in [0.2, 0.25) is 0 Å². The minimum atomic E-state index is 0.810. The highest BCUT2D eigenvalue weighted by Gasteiger charge is 2.13. The molecule has 134 valence electrons. The second-order valence-corrected chi connectivity index (χ2v) is 7.20. The molecule has 0 heterocycles. The SMILES string of the molecule is CN=C(NCCCC1CCCC1)NCc1ccc(CN(C)C)cc1. The Bertz CT molecular complexity index is 487. The molecule has 24 heavy (non-hydrogen) atoms. The fourth-order valence-electron chi connectivity index (χ4n) is 3.43. The summed E-state index contributed by atoms with van der Waals surface area (Å²) in [5, 5.41) is 6.84. The number of guanidine groups is 1. The molecule has 0 spiro atoms. The second kappa shape index (κ2) is 10.3. The summed E-state index contributed by atoms with van der Waals surface area (Å²) in [6, 6.07) is 8.79. The van der Waals surface area contributed by atoms with E-state index in [1.807, 2.05) is 7.05 Å². The van der Waals surface area contributed by atoms with E-state index in [1.54, 1.807) is 0 Å². The molecule has 2 N–H and O–H groups in total. The minimum absolute atomic E-state index is 0.810. The van der Waals surface area contributed by atoms with Crippen LogP contribution in [0.3, 0.4) is 0 Å². The molecule has 0 unspecified atom stereocenters. The van der Waals surface area contributed by atoms with Crippen molar-refractivity contribution in [3.63, 3.8) is 0 Å². The van der Waals surface area contributed by atoms with Crippen LogP contribution in [0.1, 0.15) is 49.7 Å². The molecule has 0 aliphatic heterocycles. The van der Waals surface area contributed by atoms with Crippen molar-refractivity contribution < 1.29 is 0 Å². The van der Waals surface area contributed by atoms with Crippen LogP contribution in [0.5, 0.6) is 0 Å². The van der Waals surface area contributed by atoms with Crippen LogP contribution in [0, 0.1) is 5.92 Å².